The van der Waals surface area contributed by atoms with Gasteiger partial charge in [-0.1, -0.05) is 12.1 Å². The molecule has 0 heterocycles. The van der Waals surface area contributed by atoms with Gasteiger partial charge in [0.1, 0.15) is 0 Å². The van der Waals surface area contributed by atoms with Crippen LogP contribution in [0.25, 0.3) is 0 Å². The van der Waals surface area contributed by atoms with E-state index in [9.17, 15) is 18.0 Å². The second-order valence-corrected chi connectivity index (χ2v) is 6.49. The van der Waals surface area contributed by atoms with Crippen LogP contribution >= 0.6 is 0 Å². The number of nitrogens with one attached hydrogen (secondary N) is 3. The molecule has 0 radical (unpaired) electrons. The van der Waals surface area contributed by atoms with E-state index >= 15 is 0 Å². The molecule has 1 aromatic carbocycles. The largest absolute Gasteiger partial charge is 0.416 e. The number of amides is 1. The van der Waals surface area contributed by atoms with Gasteiger partial charge in [0.25, 0.3) is 0 Å². The van der Waals surface area contributed by atoms with Gasteiger partial charge in [0.05, 0.1) is 17.5 Å². The molecule has 0 aliphatic heterocycles. The zero-order valence-electron chi connectivity index (χ0n) is 15.6. The Morgan fingerprint density at radius 3 is 2.31 bits per heavy atom. The lowest BCUT2D eigenvalue weighted by Gasteiger charge is -2.24. The van der Waals surface area contributed by atoms with E-state index in [4.69, 9.17) is 0 Å². The molecule has 0 fully saturated rings. The minimum absolute atomic E-state index is 0.0822. The van der Waals surface area contributed by atoms with Crippen LogP contribution in [0.2, 0.25) is 0 Å². The molecule has 0 saturated carbocycles. The number of alkyl halides is 3. The highest BCUT2D eigenvalue weighted by Gasteiger charge is 2.30. The first-order valence-electron chi connectivity index (χ1n) is 8.56. The molecule has 0 bridgehead atoms. The Kier molecular flexibility index (Phi) is 7.92. The van der Waals surface area contributed by atoms with Crippen LogP contribution < -0.4 is 16.0 Å². The number of aliphatic imine (C=N–C) groups is 1. The molecule has 0 atom stereocenters. The summed E-state index contributed by atoms with van der Waals surface area (Å²) in [5.74, 6) is 0.364. The van der Waals surface area contributed by atoms with Gasteiger partial charge in [0.2, 0.25) is 5.91 Å². The lowest BCUT2D eigenvalue weighted by atomic mass is 9.92. The molecule has 0 unspecified atom stereocenters. The zero-order valence-corrected chi connectivity index (χ0v) is 15.6. The monoisotopic (exact) mass is 372 g/mol. The third-order valence-corrected chi connectivity index (χ3v) is 3.67. The highest BCUT2D eigenvalue weighted by Crippen LogP contribution is 2.29. The first-order chi connectivity index (χ1) is 12.1. The summed E-state index contributed by atoms with van der Waals surface area (Å²) >= 11 is 0. The average molecular weight is 372 g/mol. The Bertz CT molecular complexity index is 627. The Hall–Kier alpha value is -2.25. The van der Waals surface area contributed by atoms with Gasteiger partial charge in [-0.2, -0.15) is 13.2 Å². The van der Waals surface area contributed by atoms with Crippen LogP contribution in [0.1, 0.15) is 38.8 Å². The second kappa shape index (κ2) is 9.45. The first-order valence-corrected chi connectivity index (χ1v) is 8.56. The van der Waals surface area contributed by atoms with Crippen LogP contribution in [-0.2, 0) is 17.5 Å². The number of carbonyl (C=O) groups is 1. The maximum absolute atomic E-state index is 12.8. The molecule has 1 amide bonds. The molecular weight excluding hydrogens is 345 g/mol. The zero-order chi connectivity index (χ0) is 19.8. The summed E-state index contributed by atoms with van der Waals surface area (Å²) in [6, 6.07) is 5.09. The Morgan fingerprint density at radius 1 is 1.08 bits per heavy atom. The van der Waals surface area contributed by atoms with Gasteiger partial charge in [0, 0.05) is 19.6 Å². The third kappa shape index (κ3) is 6.93. The van der Waals surface area contributed by atoms with Gasteiger partial charge < -0.3 is 16.0 Å². The molecule has 1 rings (SSSR count). The van der Waals surface area contributed by atoms with Gasteiger partial charge in [-0.3, -0.25) is 4.79 Å². The van der Waals surface area contributed by atoms with Crippen LogP contribution in [0.15, 0.2) is 29.3 Å². The van der Waals surface area contributed by atoms with Crippen molar-refractivity contribution in [3.05, 3.63) is 35.4 Å². The highest BCUT2D eigenvalue weighted by molar-refractivity contribution is 5.84. The summed E-state index contributed by atoms with van der Waals surface area (Å²) in [6.45, 7) is 8.93. The molecule has 3 N–H and O–H groups in total. The number of benzene rings is 1. The summed E-state index contributed by atoms with van der Waals surface area (Å²) in [7, 11) is 0. The molecule has 8 heteroatoms. The van der Waals surface area contributed by atoms with E-state index in [2.05, 4.69) is 20.9 Å². The van der Waals surface area contributed by atoms with Crippen molar-refractivity contribution in [2.75, 3.05) is 19.6 Å². The van der Waals surface area contributed by atoms with Crippen molar-refractivity contribution in [3.63, 3.8) is 0 Å². The van der Waals surface area contributed by atoms with Crippen molar-refractivity contribution < 1.29 is 18.0 Å². The van der Waals surface area contributed by atoms with E-state index in [1.54, 1.807) is 19.9 Å². The van der Waals surface area contributed by atoms with E-state index in [1.807, 2.05) is 13.8 Å². The van der Waals surface area contributed by atoms with Gasteiger partial charge in [-0.05, 0) is 45.4 Å². The topological polar surface area (TPSA) is 65.5 Å². The van der Waals surface area contributed by atoms with Gasteiger partial charge in [0.15, 0.2) is 5.96 Å². The van der Waals surface area contributed by atoms with E-state index in [-0.39, 0.29) is 12.5 Å². The van der Waals surface area contributed by atoms with Gasteiger partial charge in [-0.15, -0.1) is 0 Å². The summed E-state index contributed by atoms with van der Waals surface area (Å²) in [5, 5.41) is 8.87. The molecule has 0 spiro atoms. The molecule has 0 aliphatic rings. The molecule has 26 heavy (non-hydrogen) atoms. The number of hydrogen-bond donors (Lipinski definition) is 3. The predicted octanol–water partition coefficient (Wildman–Crippen LogP) is 2.92. The predicted molar refractivity (Wildman–Crippen MR) is 96.7 cm³/mol. The van der Waals surface area contributed by atoms with E-state index in [0.29, 0.717) is 31.2 Å². The summed E-state index contributed by atoms with van der Waals surface area (Å²) < 4.78 is 38.3. The smallest absolute Gasteiger partial charge is 0.357 e. The van der Waals surface area contributed by atoms with Crippen molar-refractivity contribution in [2.45, 2.75) is 40.4 Å². The number of guanidine groups is 1. The number of hydrogen-bond acceptors (Lipinski definition) is 2. The summed E-state index contributed by atoms with van der Waals surface area (Å²) in [4.78, 5) is 16.3. The standard InChI is InChI=1S/C18H27F3N4O/c1-5-22-15(26)17(3,4)12-25-16(23-6-2)24-11-13-8-7-9-14(10-13)18(19,20)21/h7-10H,5-6,11-12H2,1-4H3,(H,22,26)(H2,23,24,25). The number of halogens is 3. The quantitative estimate of drug-likeness (QED) is 0.509. The van der Waals surface area contributed by atoms with Crippen LogP contribution in [-0.4, -0.2) is 31.5 Å². The van der Waals surface area contributed by atoms with Crippen molar-refractivity contribution in [2.24, 2.45) is 10.4 Å². The minimum Gasteiger partial charge on any atom is -0.357 e. The molecule has 5 nitrogen and oxygen atoms in total. The van der Waals surface area contributed by atoms with Crippen molar-refractivity contribution in [1.82, 2.24) is 16.0 Å². The molecule has 1 aromatic rings. The van der Waals surface area contributed by atoms with Gasteiger partial charge >= 0.3 is 6.18 Å². The average Bonchev–Trinajstić information content (AvgIpc) is 2.57. The number of nitrogens with zero attached hydrogens (tertiary/aromatic N) is 1. The first kappa shape index (κ1) is 21.8. The Labute approximate surface area is 152 Å². The van der Waals surface area contributed by atoms with Gasteiger partial charge in [-0.25, -0.2) is 4.99 Å². The summed E-state index contributed by atoms with van der Waals surface area (Å²) in [5.41, 5.74) is -0.886. The van der Waals surface area contributed by atoms with Crippen molar-refractivity contribution in [1.29, 1.82) is 0 Å². The summed E-state index contributed by atoms with van der Waals surface area (Å²) in [6.07, 6.45) is -4.38. The fourth-order valence-electron chi connectivity index (χ4n) is 2.14. The fourth-order valence-corrected chi connectivity index (χ4v) is 2.14. The Morgan fingerprint density at radius 2 is 1.73 bits per heavy atom. The second-order valence-electron chi connectivity index (χ2n) is 6.49. The van der Waals surface area contributed by atoms with Crippen LogP contribution in [0.5, 0.6) is 0 Å². The fraction of sp³-hybridized carbons (Fsp3) is 0.556. The van der Waals surface area contributed by atoms with Crippen LogP contribution in [0, 0.1) is 5.41 Å². The Balaban J connectivity index is 2.79. The van der Waals surface area contributed by atoms with E-state index in [1.165, 1.54) is 6.07 Å². The molecule has 0 aliphatic carbocycles. The lowest BCUT2D eigenvalue weighted by molar-refractivity contribution is -0.137. The molecule has 0 aromatic heterocycles. The van der Waals surface area contributed by atoms with Crippen molar-refractivity contribution >= 4 is 11.9 Å². The minimum atomic E-state index is -4.38. The SMILES string of the molecule is CCNC(=O)C(C)(C)CNC(=NCc1cccc(C(F)(F)F)c1)NCC. The van der Waals surface area contributed by atoms with Crippen LogP contribution in [0.3, 0.4) is 0 Å². The molecule has 146 valence electrons. The van der Waals surface area contributed by atoms with E-state index < -0.39 is 17.2 Å². The molecule has 0 saturated heterocycles. The number of rotatable bonds is 7. The number of carbonyl (C=O) groups excluding carboxylic acids is 1. The normalized spacial score (nSPS) is 12.7. The third-order valence-electron chi connectivity index (χ3n) is 3.67. The maximum atomic E-state index is 12.8. The van der Waals surface area contributed by atoms with Crippen molar-refractivity contribution in [3.8, 4) is 0 Å². The van der Waals surface area contributed by atoms with Crippen LogP contribution in [0.4, 0.5) is 13.2 Å². The van der Waals surface area contributed by atoms with E-state index in [0.717, 1.165) is 12.1 Å². The molecular formula is C18H27F3N4O. The maximum Gasteiger partial charge on any atom is 0.416 e. The highest BCUT2D eigenvalue weighted by atomic mass is 19.4. The lowest BCUT2D eigenvalue weighted by Crippen LogP contribution is -2.47.